The maximum absolute atomic E-state index is 4.75. The Balaban J connectivity index is 0. The topological polar surface area (TPSA) is 9.23 Å². The van der Waals surface area contributed by atoms with Crippen molar-refractivity contribution >= 4 is 0 Å². The van der Waals surface area contributed by atoms with Gasteiger partial charge in [-0.25, -0.2) is 0 Å². The highest BCUT2D eigenvalue weighted by Crippen LogP contribution is 1.77. The zero-order chi connectivity index (χ0) is 7.70. The molecule has 9 heavy (non-hydrogen) atoms. The Bertz CT molecular complexity index is 78.6. The molecule has 0 spiro atoms. The Hall–Kier alpha value is -0.520. The van der Waals surface area contributed by atoms with Crippen LogP contribution in [0.25, 0.3) is 0 Å². The summed E-state index contributed by atoms with van der Waals surface area (Å²) in [4.78, 5) is 0. The van der Waals surface area contributed by atoms with Crippen molar-refractivity contribution in [1.82, 2.24) is 0 Å². The summed E-state index contributed by atoms with van der Waals surface area (Å²) < 4.78 is 4.75. The Kier molecular flexibility index (Phi) is 13.1. The molecule has 0 saturated heterocycles. The summed E-state index contributed by atoms with van der Waals surface area (Å²) >= 11 is 0. The average Bonchev–Trinajstić information content (AvgIpc) is 1.89. The summed E-state index contributed by atoms with van der Waals surface area (Å²) in [7, 11) is 1.70. The van der Waals surface area contributed by atoms with Crippen LogP contribution in [0.5, 0.6) is 0 Å². The van der Waals surface area contributed by atoms with Gasteiger partial charge in [0, 0.05) is 7.11 Å². The first-order valence-corrected chi connectivity index (χ1v) is 3.02. The number of hydrogen-bond donors (Lipinski definition) is 0. The molecular weight excluding hydrogens is 112 g/mol. The van der Waals surface area contributed by atoms with Crippen LogP contribution in [0.15, 0.2) is 18.4 Å². The molecule has 0 aromatic carbocycles. The molecule has 0 aliphatic carbocycles. The molecule has 1 heteroatoms. The average molecular weight is 128 g/mol. The van der Waals surface area contributed by atoms with E-state index in [1.807, 2.05) is 20.8 Å². The van der Waals surface area contributed by atoms with E-state index in [9.17, 15) is 0 Å². The fourth-order valence-electron chi connectivity index (χ4n) is 0. The molecule has 0 N–H and O–H groups in total. The predicted octanol–water partition coefficient (Wildman–Crippen LogP) is 2.39. The molecule has 0 unspecified atom stereocenters. The van der Waals surface area contributed by atoms with Gasteiger partial charge in [-0.2, -0.15) is 0 Å². The Morgan fingerprint density at radius 2 is 1.78 bits per heavy atom. The van der Waals surface area contributed by atoms with E-state index in [-0.39, 0.29) is 0 Å². The minimum atomic E-state index is 0.384. The van der Waals surface area contributed by atoms with E-state index in [1.54, 1.807) is 13.2 Å². The molecule has 0 saturated carbocycles. The fraction of sp³-hybridized carbons (Fsp3) is 0.625. The second-order valence-electron chi connectivity index (χ2n) is 1.78. The summed E-state index contributed by atoms with van der Waals surface area (Å²) in [5.74, 6) is 0. The molecule has 0 fully saturated rings. The van der Waals surface area contributed by atoms with Gasteiger partial charge in [0.1, 0.15) is 0 Å². The zero-order valence-corrected chi connectivity index (χ0v) is 6.77. The van der Waals surface area contributed by atoms with Crippen molar-refractivity contribution in [3.63, 3.8) is 0 Å². The van der Waals surface area contributed by atoms with Crippen LogP contribution in [0.1, 0.15) is 20.8 Å². The lowest BCUT2D eigenvalue weighted by atomic mass is 10.5. The van der Waals surface area contributed by atoms with Gasteiger partial charge in [-0.15, -0.1) is 5.73 Å². The third-order valence-electron chi connectivity index (χ3n) is 0.676. The summed E-state index contributed by atoms with van der Waals surface area (Å²) in [5, 5.41) is 0. The Labute approximate surface area is 58.0 Å². The minimum absolute atomic E-state index is 0.384. The van der Waals surface area contributed by atoms with E-state index in [0.717, 1.165) is 0 Å². The number of allylic oxidation sites excluding steroid dienone is 1. The van der Waals surface area contributed by atoms with Gasteiger partial charge < -0.3 is 4.74 Å². The van der Waals surface area contributed by atoms with Crippen molar-refractivity contribution in [1.29, 1.82) is 0 Å². The van der Waals surface area contributed by atoms with E-state index in [4.69, 9.17) is 4.74 Å². The van der Waals surface area contributed by atoms with Crippen molar-refractivity contribution in [3.05, 3.63) is 18.4 Å². The molecule has 1 nitrogen and oxygen atoms in total. The number of rotatable bonds is 1. The van der Waals surface area contributed by atoms with Gasteiger partial charge in [-0.3, -0.25) is 0 Å². The molecule has 0 rings (SSSR count). The molecule has 0 aliphatic rings. The van der Waals surface area contributed by atoms with Crippen LogP contribution in [-0.2, 0) is 4.74 Å². The van der Waals surface area contributed by atoms with E-state index >= 15 is 0 Å². The number of methoxy groups -OCH3 is 1. The van der Waals surface area contributed by atoms with Gasteiger partial charge >= 0.3 is 0 Å². The van der Waals surface area contributed by atoms with Gasteiger partial charge in [0.15, 0.2) is 0 Å². The van der Waals surface area contributed by atoms with Gasteiger partial charge in [0.2, 0.25) is 0 Å². The van der Waals surface area contributed by atoms with Gasteiger partial charge in [-0.05, 0) is 26.8 Å². The van der Waals surface area contributed by atoms with Crippen molar-refractivity contribution in [3.8, 4) is 0 Å². The summed E-state index contributed by atoms with van der Waals surface area (Å²) in [6.45, 7) is 9.18. The Morgan fingerprint density at radius 1 is 1.56 bits per heavy atom. The highest BCUT2D eigenvalue weighted by Gasteiger charge is 1.78. The van der Waals surface area contributed by atoms with Gasteiger partial charge in [0.25, 0.3) is 0 Å². The lowest BCUT2D eigenvalue weighted by Gasteiger charge is -1.94. The molecule has 0 bridgehead atoms. The van der Waals surface area contributed by atoms with Crippen molar-refractivity contribution < 1.29 is 4.74 Å². The van der Waals surface area contributed by atoms with Crippen LogP contribution in [0.3, 0.4) is 0 Å². The van der Waals surface area contributed by atoms with Gasteiger partial charge in [-0.1, -0.05) is 6.58 Å². The third-order valence-corrected chi connectivity index (χ3v) is 0.676. The summed E-state index contributed by atoms with van der Waals surface area (Å²) in [5.41, 5.74) is 2.56. The molecule has 54 valence electrons. The first kappa shape index (κ1) is 11.3. The monoisotopic (exact) mass is 128 g/mol. The van der Waals surface area contributed by atoms with Crippen LogP contribution < -0.4 is 0 Å². The van der Waals surface area contributed by atoms with E-state index in [1.165, 1.54) is 0 Å². The highest BCUT2D eigenvalue weighted by molar-refractivity contribution is 4.67. The van der Waals surface area contributed by atoms with Crippen molar-refractivity contribution in [2.45, 2.75) is 26.9 Å². The first-order valence-electron chi connectivity index (χ1n) is 3.02. The summed E-state index contributed by atoms with van der Waals surface area (Å²) in [6, 6.07) is 0. The zero-order valence-electron chi connectivity index (χ0n) is 6.77. The van der Waals surface area contributed by atoms with Crippen LogP contribution in [0.2, 0.25) is 0 Å². The third kappa shape index (κ3) is 36.5. The minimum Gasteiger partial charge on any atom is -0.382 e. The fourth-order valence-corrected chi connectivity index (χ4v) is 0. The molecule has 0 heterocycles. The molecule has 0 radical (unpaired) electrons. The maximum Gasteiger partial charge on any atom is 0.0515 e. The second-order valence-corrected chi connectivity index (χ2v) is 1.78. The van der Waals surface area contributed by atoms with Crippen molar-refractivity contribution in [2.75, 3.05) is 7.11 Å². The van der Waals surface area contributed by atoms with Crippen LogP contribution >= 0.6 is 0 Å². The normalized spacial score (nSPS) is 7.22. The molecule has 0 aromatic heterocycles. The first-order chi connectivity index (χ1) is 4.18. The lowest BCUT2D eigenvalue weighted by Crippen LogP contribution is -1.94. The largest absolute Gasteiger partial charge is 0.382 e. The molecular formula is C8H16O. The van der Waals surface area contributed by atoms with Crippen LogP contribution in [0, 0.1) is 0 Å². The molecule has 0 atom stereocenters. The van der Waals surface area contributed by atoms with E-state index in [0.29, 0.717) is 6.10 Å². The number of ether oxygens (including phenoxy) is 1. The maximum atomic E-state index is 4.75. The quantitative estimate of drug-likeness (QED) is 0.493. The standard InChI is InChI=1S/C4H10O.C4H6/c1-4(2)5-3;1-3-4-2/h4H,1-3H3;4H,1H2,2H3. The van der Waals surface area contributed by atoms with Crippen molar-refractivity contribution in [2.24, 2.45) is 0 Å². The van der Waals surface area contributed by atoms with Crippen LogP contribution in [-0.4, -0.2) is 13.2 Å². The second kappa shape index (κ2) is 10.5. The Morgan fingerprint density at radius 3 is 1.78 bits per heavy atom. The lowest BCUT2D eigenvalue weighted by molar-refractivity contribution is 0.134. The molecule has 0 aromatic rings. The molecule has 0 aliphatic heterocycles. The van der Waals surface area contributed by atoms with E-state index < -0.39 is 0 Å². The highest BCUT2D eigenvalue weighted by atomic mass is 16.5. The number of hydrogen-bond acceptors (Lipinski definition) is 1. The van der Waals surface area contributed by atoms with Gasteiger partial charge in [0.05, 0.1) is 6.10 Å². The SMILES string of the molecule is C=C=CC.COC(C)C. The summed E-state index contributed by atoms with van der Waals surface area (Å²) in [6.07, 6.45) is 2.15. The van der Waals surface area contributed by atoms with E-state index in [2.05, 4.69) is 12.3 Å². The molecule has 0 amide bonds. The van der Waals surface area contributed by atoms with Crippen LogP contribution in [0.4, 0.5) is 0 Å². The predicted molar refractivity (Wildman–Crippen MR) is 41.5 cm³/mol. The smallest absolute Gasteiger partial charge is 0.0515 e.